The molecule has 2 N–H and O–H groups in total. The summed E-state index contributed by atoms with van der Waals surface area (Å²) in [5.41, 5.74) is 1.15. The smallest absolute Gasteiger partial charge is 0.343 e. The zero-order chi connectivity index (χ0) is 20.7. The van der Waals surface area contributed by atoms with Crippen molar-refractivity contribution in [2.45, 2.75) is 13.5 Å². The van der Waals surface area contributed by atoms with Crippen molar-refractivity contribution in [3.05, 3.63) is 63.9 Å². The number of hydrogen-bond donors (Lipinski definition) is 2. The van der Waals surface area contributed by atoms with Crippen LogP contribution < -0.4 is 10.6 Å². The van der Waals surface area contributed by atoms with Crippen LogP contribution in [0.1, 0.15) is 21.6 Å². The molecule has 0 bridgehead atoms. The van der Waals surface area contributed by atoms with Crippen LogP contribution in [0.2, 0.25) is 10.2 Å². The normalized spacial score (nSPS) is 10.2. The van der Waals surface area contributed by atoms with Gasteiger partial charge in [0.2, 0.25) is 0 Å². The summed E-state index contributed by atoms with van der Waals surface area (Å²) in [7, 11) is 0. The SMILES string of the molecule is C=CCNC(=O)NC(=O)COC(=O)c1c(C)nn(Cc2ccccc2Cl)c1Cl. The lowest BCUT2D eigenvalue weighted by Gasteiger charge is -2.07. The van der Waals surface area contributed by atoms with Gasteiger partial charge in [0, 0.05) is 11.6 Å². The number of ether oxygens (including phenoxy) is 1. The van der Waals surface area contributed by atoms with Gasteiger partial charge in [-0.3, -0.25) is 10.1 Å². The first-order chi connectivity index (χ1) is 13.3. The van der Waals surface area contributed by atoms with Gasteiger partial charge in [-0.15, -0.1) is 6.58 Å². The van der Waals surface area contributed by atoms with E-state index in [1.165, 1.54) is 10.8 Å². The molecule has 0 saturated heterocycles. The van der Waals surface area contributed by atoms with Crippen LogP contribution in [0, 0.1) is 6.92 Å². The first kappa shape index (κ1) is 21.5. The molecule has 0 radical (unpaired) electrons. The van der Waals surface area contributed by atoms with Gasteiger partial charge in [0.05, 0.1) is 12.2 Å². The minimum Gasteiger partial charge on any atom is -0.452 e. The summed E-state index contributed by atoms with van der Waals surface area (Å²) >= 11 is 12.4. The number of nitrogens with one attached hydrogen (secondary N) is 2. The lowest BCUT2D eigenvalue weighted by molar-refractivity contribution is -0.123. The average molecular weight is 425 g/mol. The van der Waals surface area contributed by atoms with Crippen LogP contribution >= 0.6 is 23.2 Å². The van der Waals surface area contributed by atoms with Gasteiger partial charge in [-0.25, -0.2) is 14.3 Å². The molecule has 0 aliphatic carbocycles. The lowest BCUT2D eigenvalue weighted by Crippen LogP contribution is -2.41. The number of aromatic nitrogens is 2. The molecule has 28 heavy (non-hydrogen) atoms. The van der Waals surface area contributed by atoms with E-state index < -0.39 is 24.5 Å². The van der Waals surface area contributed by atoms with Crippen molar-refractivity contribution in [1.82, 2.24) is 20.4 Å². The third-order valence-corrected chi connectivity index (χ3v) is 4.29. The van der Waals surface area contributed by atoms with Crippen LogP contribution in [0.15, 0.2) is 36.9 Å². The van der Waals surface area contributed by atoms with E-state index >= 15 is 0 Å². The third-order valence-electron chi connectivity index (χ3n) is 3.54. The van der Waals surface area contributed by atoms with Crippen molar-refractivity contribution in [3.63, 3.8) is 0 Å². The van der Waals surface area contributed by atoms with E-state index in [2.05, 4.69) is 17.0 Å². The fourth-order valence-electron chi connectivity index (χ4n) is 2.25. The van der Waals surface area contributed by atoms with Gasteiger partial charge < -0.3 is 10.1 Å². The summed E-state index contributed by atoms with van der Waals surface area (Å²) in [6, 6.07) is 6.45. The predicted molar refractivity (Wildman–Crippen MR) is 105 cm³/mol. The van der Waals surface area contributed by atoms with E-state index in [4.69, 9.17) is 27.9 Å². The Morgan fingerprint density at radius 2 is 2.00 bits per heavy atom. The Hall–Kier alpha value is -2.84. The van der Waals surface area contributed by atoms with Crippen LogP contribution in [0.25, 0.3) is 0 Å². The van der Waals surface area contributed by atoms with Gasteiger partial charge in [-0.2, -0.15) is 5.10 Å². The Labute approximate surface area is 171 Å². The number of rotatable bonds is 7. The highest BCUT2D eigenvalue weighted by molar-refractivity contribution is 6.33. The van der Waals surface area contributed by atoms with E-state index in [0.29, 0.717) is 10.7 Å². The highest BCUT2D eigenvalue weighted by Crippen LogP contribution is 2.24. The molecule has 3 amide bonds. The topological polar surface area (TPSA) is 102 Å². The largest absolute Gasteiger partial charge is 0.452 e. The molecule has 0 atom stereocenters. The van der Waals surface area contributed by atoms with Gasteiger partial charge in [-0.05, 0) is 18.6 Å². The van der Waals surface area contributed by atoms with Crippen LogP contribution in [0.5, 0.6) is 0 Å². The van der Waals surface area contributed by atoms with Crippen molar-refractivity contribution in [1.29, 1.82) is 0 Å². The molecule has 0 saturated carbocycles. The maximum Gasteiger partial charge on any atom is 0.343 e. The molecule has 8 nitrogen and oxygen atoms in total. The van der Waals surface area contributed by atoms with E-state index in [-0.39, 0.29) is 23.8 Å². The summed E-state index contributed by atoms with van der Waals surface area (Å²) in [6.45, 7) is 4.83. The Morgan fingerprint density at radius 3 is 2.68 bits per heavy atom. The molecule has 0 aliphatic rings. The maximum absolute atomic E-state index is 12.3. The summed E-state index contributed by atoms with van der Waals surface area (Å²) < 4.78 is 6.34. The highest BCUT2D eigenvalue weighted by Gasteiger charge is 2.23. The fourth-order valence-corrected chi connectivity index (χ4v) is 2.76. The second-order valence-electron chi connectivity index (χ2n) is 5.62. The zero-order valence-electron chi connectivity index (χ0n) is 15.0. The van der Waals surface area contributed by atoms with Crippen LogP contribution in [0.4, 0.5) is 4.79 Å². The molecule has 1 aromatic heterocycles. The van der Waals surface area contributed by atoms with Crippen molar-refractivity contribution in [2.75, 3.05) is 13.2 Å². The quantitative estimate of drug-likeness (QED) is 0.525. The molecular formula is C18H18Cl2N4O4. The number of nitrogens with zero attached hydrogens (tertiary/aromatic N) is 2. The zero-order valence-corrected chi connectivity index (χ0v) is 16.5. The first-order valence-electron chi connectivity index (χ1n) is 8.15. The Balaban J connectivity index is 2.01. The molecule has 0 unspecified atom stereocenters. The predicted octanol–water partition coefficient (Wildman–Crippen LogP) is 2.72. The van der Waals surface area contributed by atoms with Crippen molar-refractivity contribution in [3.8, 4) is 0 Å². The van der Waals surface area contributed by atoms with Gasteiger partial charge in [0.1, 0.15) is 10.7 Å². The number of hydrogen-bond acceptors (Lipinski definition) is 5. The van der Waals surface area contributed by atoms with Gasteiger partial charge in [-0.1, -0.05) is 47.5 Å². The number of benzene rings is 1. The fraction of sp³-hybridized carbons (Fsp3) is 0.222. The molecule has 1 heterocycles. The highest BCUT2D eigenvalue weighted by atomic mass is 35.5. The monoisotopic (exact) mass is 424 g/mol. The first-order valence-corrected chi connectivity index (χ1v) is 8.91. The number of amides is 3. The van der Waals surface area contributed by atoms with Crippen molar-refractivity contribution >= 4 is 41.1 Å². The van der Waals surface area contributed by atoms with Crippen LogP contribution in [0.3, 0.4) is 0 Å². The van der Waals surface area contributed by atoms with E-state index in [0.717, 1.165) is 5.56 Å². The third kappa shape index (κ3) is 5.58. The second kappa shape index (κ2) is 9.91. The standard InChI is InChI=1S/C18H18Cl2N4O4/c1-3-8-21-18(27)22-14(25)10-28-17(26)15-11(2)23-24(16(15)20)9-12-6-4-5-7-13(12)19/h3-7H,1,8-10H2,2H3,(H2,21,22,25,27). The average Bonchev–Trinajstić information content (AvgIpc) is 2.93. The molecule has 2 rings (SSSR count). The minimum atomic E-state index is -0.824. The molecule has 0 aliphatic heterocycles. The Kier molecular flexibility index (Phi) is 7.60. The van der Waals surface area contributed by atoms with Crippen LogP contribution in [-0.2, 0) is 16.1 Å². The van der Waals surface area contributed by atoms with E-state index in [1.54, 1.807) is 19.1 Å². The molecule has 1 aromatic carbocycles. The number of carbonyl (C=O) groups excluding carboxylic acids is 3. The van der Waals surface area contributed by atoms with Crippen molar-refractivity contribution < 1.29 is 19.1 Å². The molecular weight excluding hydrogens is 407 g/mol. The molecule has 148 valence electrons. The summed E-state index contributed by atoms with van der Waals surface area (Å²) in [6.07, 6.45) is 1.45. The Bertz CT molecular complexity index is 911. The molecule has 10 heteroatoms. The number of halogens is 2. The summed E-state index contributed by atoms with van der Waals surface area (Å²) in [5.74, 6) is -1.61. The summed E-state index contributed by atoms with van der Waals surface area (Å²) in [5, 5.41) is 9.20. The number of imide groups is 1. The Morgan fingerprint density at radius 1 is 1.29 bits per heavy atom. The number of urea groups is 1. The molecule has 0 spiro atoms. The minimum absolute atomic E-state index is 0.0395. The molecule has 0 fully saturated rings. The lowest BCUT2D eigenvalue weighted by atomic mass is 10.2. The van der Waals surface area contributed by atoms with E-state index in [9.17, 15) is 14.4 Å². The van der Waals surface area contributed by atoms with Gasteiger partial charge in [0.25, 0.3) is 5.91 Å². The van der Waals surface area contributed by atoms with Crippen molar-refractivity contribution in [2.24, 2.45) is 0 Å². The number of esters is 1. The number of carbonyl (C=O) groups is 3. The van der Waals surface area contributed by atoms with E-state index in [1.807, 2.05) is 17.4 Å². The van der Waals surface area contributed by atoms with Crippen LogP contribution in [-0.4, -0.2) is 40.8 Å². The summed E-state index contributed by atoms with van der Waals surface area (Å²) in [4.78, 5) is 35.3. The van der Waals surface area contributed by atoms with Gasteiger partial charge in [0.15, 0.2) is 6.61 Å². The number of aryl methyl sites for hydroxylation is 1. The maximum atomic E-state index is 12.3. The second-order valence-corrected chi connectivity index (χ2v) is 6.39. The molecule has 2 aromatic rings. The van der Waals surface area contributed by atoms with Gasteiger partial charge >= 0.3 is 12.0 Å².